The highest BCUT2D eigenvalue weighted by atomic mass is 16.2. The molecule has 92 valence electrons. The predicted octanol–water partition coefficient (Wildman–Crippen LogP) is 2.21. The summed E-state index contributed by atoms with van der Waals surface area (Å²) < 4.78 is 0. The average Bonchev–Trinajstić information content (AvgIpc) is 2.24. The molecule has 0 spiro atoms. The van der Waals surface area contributed by atoms with E-state index in [9.17, 15) is 9.59 Å². The maximum Gasteiger partial charge on any atom is 0.227 e. The van der Waals surface area contributed by atoms with Crippen LogP contribution in [0.5, 0.6) is 0 Å². The van der Waals surface area contributed by atoms with Gasteiger partial charge in [-0.05, 0) is 49.9 Å². The molecule has 0 fully saturated rings. The van der Waals surface area contributed by atoms with Gasteiger partial charge in [0.15, 0.2) is 0 Å². The van der Waals surface area contributed by atoms with Gasteiger partial charge in [-0.2, -0.15) is 0 Å². The largest absolute Gasteiger partial charge is 0.352 e. The van der Waals surface area contributed by atoms with E-state index in [1.807, 2.05) is 6.07 Å². The summed E-state index contributed by atoms with van der Waals surface area (Å²) >= 11 is 0. The normalized spacial score (nSPS) is 10.1. The highest BCUT2D eigenvalue weighted by Gasteiger charge is 2.07. The standard InChI is InChI=1S/C14H19NO2/c1-9-5-6-13(12(4)11(9)3)8-15-14(17)7-10(2)16/h5-6H,7-8H2,1-4H3,(H,15,17). The van der Waals surface area contributed by atoms with E-state index < -0.39 is 0 Å². The molecular formula is C14H19NO2. The van der Waals surface area contributed by atoms with Crippen LogP contribution in [0.15, 0.2) is 12.1 Å². The summed E-state index contributed by atoms with van der Waals surface area (Å²) in [6, 6.07) is 4.07. The van der Waals surface area contributed by atoms with E-state index in [1.165, 1.54) is 23.6 Å². The second-order valence-corrected chi connectivity index (χ2v) is 4.45. The Kier molecular flexibility index (Phi) is 4.44. The van der Waals surface area contributed by atoms with E-state index in [0.29, 0.717) is 6.54 Å². The molecule has 3 nitrogen and oxygen atoms in total. The summed E-state index contributed by atoms with van der Waals surface area (Å²) in [5.41, 5.74) is 4.81. The number of aryl methyl sites for hydroxylation is 1. The minimum Gasteiger partial charge on any atom is -0.352 e. The van der Waals surface area contributed by atoms with Gasteiger partial charge in [0.2, 0.25) is 5.91 Å². The van der Waals surface area contributed by atoms with Crippen molar-refractivity contribution < 1.29 is 9.59 Å². The quantitative estimate of drug-likeness (QED) is 0.810. The zero-order chi connectivity index (χ0) is 13.0. The van der Waals surface area contributed by atoms with E-state index in [0.717, 1.165) is 5.56 Å². The molecule has 0 unspecified atom stereocenters. The average molecular weight is 233 g/mol. The number of Topliss-reactive ketones (excluding diaryl/α,β-unsaturated/α-hetero) is 1. The Labute approximate surface area is 102 Å². The molecule has 0 aliphatic rings. The van der Waals surface area contributed by atoms with Crippen molar-refractivity contribution in [2.24, 2.45) is 0 Å². The smallest absolute Gasteiger partial charge is 0.227 e. The van der Waals surface area contributed by atoms with Crippen LogP contribution in [-0.4, -0.2) is 11.7 Å². The molecule has 3 heteroatoms. The van der Waals surface area contributed by atoms with Gasteiger partial charge in [-0.15, -0.1) is 0 Å². The molecular weight excluding hydrogens is 214 g/mol. The van der Waals surface area contributed by atoms with Crippen molar-refractivity contribution in [2.75, 3.05) is 0 Å². The fraction of sp³-hybridized carbons (Fsp3) is 0.429. The molecule has 1 rings (SSSR count). The second-order valence-electron chi connectivity index (χ2n) is 4.45. The molecule has 1 aromatic carbocycles. The highest BCUT2D eigenvalue weighted by molar-refractivity contribution is 5.96. The second kappa shape index (κ2) is 5.62. The Morgan fingerprint density at radius 3 is 2.35 bits per heavy atom. The van der Waals surface area contributed by atoms with Crippen LogP contribution in [-0.2, 0) is 16.1 Å². The van der Waals surface area contributed by atoms with Crippen molar-refractivity contribution in [1.82, 2.24) is 5.32 Å². The molecule has 1 N–H and O–H groups in total. The van der Waals surface area contributed by atoms with Gasteiger partial charge in [-0.3, -0.25) is 9.59 Å². The van der Waals surface area contributed by atoms with Crippen molar-refractivity contribution in [3.8, 4) is 0 Å². The van der Waals surface area contributed by atoms with E-state index in [2.05, 4.69) is 32.2 Å². The first kappa shape index (κ1) is 13.4. The van der Waals surface area contributed by atoms with Gasteiger partial charge in [-0.25, -0.2) is 0 Å². The summed E-state index contributed by atoms with van der Waals surface area (Å²) in [5.74, 6) is -0.325. The molecule has 0 aliphatic heterocycles. The Bertz CT molecular complexity index is 450. The van der Waals surface area contributed by atoms with Crippen molar-refractivity contribution in [1.29, 1.82) is 0 Å². The number of amides is 1. The van der Waals surface area contributed by atoms with Crippen LogP contribution in [0.1, 0.15) is 35.6 Å². The summed E-state index contributed by atoms with van der Waals surface area (Å²) in [5, 5.41) is 2.76. The lowest BCUT2D eigenvalue weighted by atomic mass is 9.99. The number of benzene rings is 1. The predicted molar refractivity (Wildman–Crippen MR) is 67.8 cm³/mol. The van der Waals surface area contributed by atoms with Gasteiger partial charge < -0.3 is 5.32 Å². The Morgan fingerprint density at radius 2 is 1.76 bits per heavy atom. The minimum atomic E-state index is -0.213. The van der Waals surface area contributed by atoms with Gasteiger partial charge >= 0.3 is 0 Å². The van der Waals surface area contributed by atoms with E-state index in [-0.39, 0.29) is 18.1 Å². The Balaban J connectivity index is 2.67. The maximum absolute atomic E-state index is 11.4. The molecule has 0 aromatic heterocycles. The first-order valence-electron chi connectivity index (χ1n) is 5.73. The monoisotopic (exact) mass is 233 g/mol. The highest BCUT2D eigenvalue weighted by Crippen LogP contribution is 2.16. The SMILES string of the molecule is CC(=O)CC(=O)NCc1ccc(C)c(C)c1C. The number of rotatable bonds is 4. The minimum absolute atomic E-state index is 0.0378. The third-order valence-electron chi connectivity index (χ3n) is 3.06. The molecule has 0 bridgehead atoms. The number of ketones is 1. The van der Waals surface area contributed by atoms with Crippen molar-refractivity contribution >= 4 is 11.7 Å². The first-order valence-corrected chi connectivity index (χ1v) is 5.73. The van der Waals surface area contributed by atoms with E-state index in [4.69, 9.17) is 0 Å². The lowest BCUT2D eigenvalue weighted by molar-refractivity contribution is -0.127. The van der Waals surface area contributed by atoms with Crippen LogP contribution in [0, 0.1) is 20.8 Å². The molecule has 1 aromatic rings. The number of nitrogens with one attached hydrogen (secondary N) is 1. The zero-order valence-electron chi connectivity index (χ0n) is 10.9. The van der Waals surface area contributed by atoms with Gasteiger partial charge in [0.25, 0.3) is 0 Å². The topological polar surface area (TPSA) is 46.2 Å². The van der Waals surface area contributed by atoms with Crippen molar-refractivity contribution in [3.63, 3.8) is 0 Å². The zero-order valence-corrected chi connectivity index (χ0v) is 10.9. The fourth-order valence-electron chi connectivity index (χ4n) is 1.69. The fourth-order valence-corrected chi connectivity index (χ4v) is 1.69. The third kappa shape index (κ3) is 3.70. The van der Waals surface area contributed by atoms with E-state index in [1.54, 1.807) is 0 Å². The molecule has 0 saturated carbocycles. The van der Waals surface area contributed by atoms with Crippen LogP contribution in [0.4, 0.5) is 0 Å². The first-order chi connectivity index (χ1) is 7.91. The maximum atomic E-state index is 11.4. The molecule has 0 heterocycles. The molecule has 0 atom stereocenters. The number of carbonyl (C=O) groups excluding carboxylic acids is 2. The van der Waals surface area contributed by atoms with Crippen LogP contribution in [0.2, 0.25) is 0 Å². The van der Waals surface area contributed by atoms with E-state index >= 15 is 0 Å². The Hall–Kier alpha value is -1.64. The Morgan fingerprint density at radius 1 is 1.12 bits per heavy atom. The van der Waals surface area contributed by atoms with Crippen molar-refractivity contribution in [3.05, 3.63) is 34.4 Å². The molecule has 0 aliphatic carbocycles. The van der Waals surface area contributed by atoms with Crippen LogP contribution in [0.3, 0.4) is 0 Å². The van der Waals surface area contributed by atoms with Gasteiger partial charge in [0.1, 0.15) is 5.78 Å². The number of carbonyl (C=O) groups is 2. The number of hydrogen-bond acceptors (Lipinski definition) is 2. The summed E-state index contributed by atoms with van der Waals surface area (Å²) in [6.45, 7) is 8.10. The lowest BCUT2D eigenvalue weighted by Crippen LogP contribution is -2.24. The third-order valence-corrected chi connectivity index (χ3v) is 3.06. The summed E-state index contributed by atoms with van der Waals surface area (Å²) in [6.07, 6.45) is -0.0378. The van der Waals surface area contributed by atoms with Crippen LogP contribution < -0.4 is 5.32 Å². The van der Waals surface area contributed by atoms with Gasteiger partial charge in [0.05, 0.1) is 6.42 Å². The molecule has 0 radical (unpaired) electrons. The lowest BCUT2D eigenvalue weighted by Gasteiger charge is -2.11. The van der Waals surface area contributed by atoms with Gasteiger partial charge in [0, 0.05) is 6.54 Å². The van der Waals surface area contributed by atoms with Crippen LogP contribution >= 0.6 is 0 Å². The molecule has 0 saturated heterocycles. The molecule has 17 heavy (non-hydrogen) atoms. The summed E-state index contributed by atoms with van der Waals surface area (Å²) in [7, 11) is 0. The summed E-state index contributed by atoms with van der Waals surface area (Å²) in [4.78, 5) is 22.1. The number of hydrogen-bond donors (Lipinski definition) is 1. The van der Waals surface area contributed by atoms with Gasteiger partial charge in [-0.1, -0.05) is 12.1 Å². The molecule has 1 amide bonds. The van der Waals surface area contributed by atoms with Crippen molar-refractivity contribution in [2.45, 2.75) is 40.7 Å². The van der Waals surface area contributed by atoms with Crippen LogP contribution in [0.25, 0.3) is 0 Å².